The molecule has 2 aliphatic rings. The first-order valence-corrected chi connectivity index (χ1v) is 8.35. The zero-order valence-electron chi connectivity index (χ0n) is 11.6. The molecule has 1 aliphatic heterocycles. The van der Waals surface area contributed by atoms with Crippen LogP contribution in [0.1, 0.15) is 29.5 Å². The molecule has 0 saturated carbocycles. The number of nitrogens with one attached hydrogen (secondary N) is 1. The quantitative estimate of drug-likeness (QED) is 0.920. The third kappa shape index (κ3) is 3.39. The van der Waals surface area contributed by atoms with E-state index in [2.05, 4.69) is 38.3 Å². The zero-order valence-corrected chi connectivity index (χ0v) is 13.1. The molecule has 1 aliphatic carbocycles. The van der Waals surface area contributed by atoms with Gasteiger partial charge in [0.1, 0.15) is 0 Å². The summed E-state index contributed by atoms with van der Waals surface area (Å²) in [5.74, 6) is 0. The Bertz CT molecular complexity index is 439. The minimum Gasteiger partial charge on any atom is -0.314 e. The van der Waals surface area contributed by atoms with Crippen molar-refractivity contribution in [2.45, 2.75) is 32.1 Å². The van der Waals surface area contributed by atoms with Crippen LogP contribution in [0.15, 0.2) is 16.6 Å². The topological polar surface area (TPSA) is 15.3 Å². The number of hydrogen-bond donors (Lipinski definition) is 1. The largest absolute Gasteiger partial charge is 0.314 e. The Morgan fingerprint density at radius 1 is 1.11 bits per heavy atom. The van der Waals surface area contributed by atoms with Gasteiger partial charge in [0.2, 0.25) is 0 Å². The van der Waals surface area contributed by atoms with Crippen LogP contribution in [0.2, 0.25) is 0 Å². The van der Waals surface area contributed by atoms with Crippen LogP contribution in [0.25, 0.3) is 0 Å². The summed E-state index contributed by atoms with van der Waals surface area (Å²) in [7, 11) is 0. The predicted molar refractivity (Wildman–Crippen MR) is 83.8 cm³/mol. The number of halogens is 1. The van der Waals surface area contributed by atoms with Crippen LogP contribution in [0.5, 0.6) is 0 Å². The SMILES string of the molecule is Brc1cc(CCN2CCNCC2)cc2c1CCCC2. The molecule has 0 spiro atoms. The first-order chi connectivity index (χ1) is 9.33. The Kier molecular flexibility index (Phi) is 4.57. The zero-order chi connectivity index (χ0) is 13.1. The Morgan fingerprint density at radius 3 is 2.74 bits per heavy atom. The molecular weight excluding hydrogens is 300 g/mol. The smallest absolute Gasteiger partial charge is 0.0212 e. The average molecular weight is 323 g/mol. The third-order valence-corrected chi connectivity index (χ3v) is 5.10. The van der Waals surface area contributed by atoms with Crippen molar-refractivity contribution in [1.82, 2.24) is 10.2 Å². The van der Waals surface area contributed by atoms with Crippen molar-refractivity contribution in [2.24, 2.45) is 0 Å². The lowest BCUT2D eigenvalue weighted by Gasteiger charge is -2.27. The maximum Gasteiger partial charge on any atom is 0.0212 e. The van der Waals surface area contributed by atoms with Crippen molar-refractivity contribution in [3.05, 3.63) is 33.3 Å². The van der Waals surface area contributed by atoms with E-state index in [-0.39, 0.29) is 0 Å². The molecule has 104 valence electrons. The number of hydrogen-bond acceptors (Lipinski definition) is 2. The predicted octanol–water partition coefficient (Wildman–Crippen LogP) is 2.78. The number of fused-ring (bicyclic) bond motifs is 1. The van der Waals surface area contributed by atoms with Crippen LogP contribution in [0.4, 0.5) is 0 Å². The maximum absolute atomic E-state index is 3.78. The molecule has 19 heavy (non-hydrogen) atoms. The summed E-state index contributed by atoms with van der Waals surface area (Å²) in [5.41, 5.74) is 4.67. The van der Waals surface area contributed by atoms with Crippen molar-refractivity contribution < 1.29 is 0 Å². The fraction of sp³-hybridized carbons (Fsp3) is 0.625. The standard InChI is InChI=1S/C16H23BrN2/c17-16-12-13(5-8-19-9-6-18-7-10-19)11-14-3-1-2-4-15(14)16/h11-12,18H,1-10H2. The lowest BCUT2D eigenvalue weighted by molar-refractivity contribution is 0.244. The molecule has 1 aromatic rings. The second kappa shape index (κ2) is 6.38. The molecule has 1 aromatic carbocycles. The van der Waals surface area contributed by atoms with Crippen molar-refractivity contribution in [3.8, 4) is 0 Å². The van der Waals surface area contributed by atoms with Crippen molar-refractivity contribution in [2.75, 3.05) is 32.7 Å². The van der Waals surface area contributed by atoms with Gasteiger partial charge in [-0.25, -0.2) is 0 Å². The highest BCUT2D eigenvalue weighted by Gasteiger charge is 2.14. The summed E-state index contributed by atoms with van der Waals surface area (Å²) in [4.78, 5) is 2.57. The van der Waals surface area contributed by atoms with Gasteiger partial charge in [0, 0.05) is 37.2 Å². The number of nitrogens with zero attached hydrogens (tertiary/aromatic N) is 1. The fourth-order valence-corrected chi connectivity index (χ4v) is 3.99. The summed E-state index contributed by atoms with van der Waals surface area (Å²) in [6.07, 6.45) is 6.43. The van der Waals surface area contributed by atoms with Gasteiger partial charge in [-0.2, -0.15) is 0 Å². The van der Waals surface area contributed by atoms with Gasteiger partial charge in [0.05, 0.1) is 0 Å². The van der Waals surface area contributed by atoms with Crippen molar-refractivity contribution in [3.63, 3.8) is 0 Å². The first-order valence-electron chi connectivity index (χ1n) is 7.56. The number of piperazine rings is 1. The van der Waals surface area contributed by atoms with Gasteiger partial charge in [0.15, 0.2) is 0 Å². The molecule has 0 unspecified atom stereocenters. The van der Waals surface area contributed by atoms with Gasteiger partial charge >= 0.3 is 0 Å². The van der Waals surface area contributed by atoms with E-state index in [0.29, 0.717) is 0 Å². The highest BCUT2D eigenvalue weighted by atomic mass is 79.9. The van der Waals surface area contributed by atoms with Gasteiger partial charge in [-0.05, 0) is 54.9 Å². The van der Waals surface area contributed by atoms with E-state index in [9.17, 15) is 0 Å². The Hall–Kier alpha value is -0.380. The fourth-order valence-electron chi connectivity index (χ4n) is 3.24. The van der Waals surface area contributed by atoms with Gasteiger partial charge in [0.25, 0.3) is 0 Å². The number of aryl methyl sites for hydroxylation is 1. The minimum atomic E-state index is 1.15. The molecule has 1 fully saturated rings. The van der Waals surface area contributed by atoms with Crippen molar-refractivity contribution in [1.29, 1.82) is 0 Å². The molecule has 1 N–H and O–H groups in total. The van der Waals surface area contributed by atoms with Crippen LogP contribution in [-0.4, -0.2) is 37.6 Å². The normalized spacial score (nSPS) is 20.3. The van der Waals surface area contributed by atoms with Crippen LogP contribution in [-0.2, 0) is 19.3 Å². The molecule has 1 heterocycles. The second-order valence-corrected chi connectivity index (χ2v) is 6.62. The molecular formula is C16H23BrN2. The summed E-state index contributed by atoms with van der Waals surface area (Å²) < 4.78 is 1.35. The molecule has 0 aromatic heterocycles. The van der Waals surface area contributed by atoms with E-state index in [4.69, 9.17) is 0 Å². The summed E-state index contributed by atoms with van der Waals surface area (Å²) in [6.45, 7) is 5.90. The van der Waals surface area contributed by atoms with E-state index in [1.165, 1.54) is 61.8 Å². The number of benzene rings is 1. The average Bonchev–Trinajstić information content (AvgIpc) is 2.46. The lowest BCUT2D eigenvalue weighted by Crippen LogP contribution is -2.44. The second-order valence-electron chi connectivity index (χ2n) is 5.76. The van der Waals surface area contributed by atoms with Gasteiger partial charge in [-0.15, -0.1) is 0 Å². The minimum absolute atomic E-state index is 1.15. The Morgan fingerprint density at radius 2 is 1.89 bits per heavy atom. The first kappa shape index (κ1) is 13.6. The van der Waals surface area contributed by atoms with E-state index >= 15 is 0 Å². The third-order valence-electron chi connectivity index (χ3n) is 4.40. The lowest BCUT2D eigenvalue weighted by atomic mass is 9.90. The summed E-state index contributed by atoms with van der Waals surface area (Å²) >= 11 is 3.78. The van der Waals surface area contributed by atoms with E-state index in [0.717, 1.165) is 13.1 Å². The van der Waals surface area contributed by atoms with Gasteiger partial charge in [-0.3, -0.25) is 0 Å². The summed E-state index contributed by atoms with van der Waals surface area (Å²) in [5, 5.41) is 3.41. The van der Waals surface area contributed by atoms with E-state index < -0.39 is 0 Å². The molecule has 2 nitrogen and oxygen atoms in total. The van der Waals surface area contributed by atoms with Gasteiger partial charge in [-0.1, -0.05) is 22.0 Å². The molecule has 0 amide bonds. The van der Waals surface area contributed by atoms with Crippen LogP contribution >= 0.6 is 15.9 Å². The summed E-state index contributed by atoms with van der Waals surface area (Å²) in [6, 6.07) is 4.81. The molecule has 3 rings (SSSR count). The van der Waals surface area contributed by atoms with E-state index in [1.54, 1.807) is 11.1 Å². The van der Waals surface area contributed by atoms with Crippen LogP contribution < -0.4 is 5.32 Å². The number of rotatable bonds is 3. The molecule has 0 atom stereocenters. The molecule has 3 heteroatoms. The van der Waals surface area contributed by atoms with Gasteiger partial charge < -0.3 is 10.2 Å². The maximum atomic E-state index is 3.78. The monoisotopic (exact) mass is 322 g/mol. The molecule has 1 saturated heterocycles. The molecule has 0 bridgehead atoms. The van der Waals surface area contributed by atoms with Crippen LogP contribution in [0.3, 0.4) is 0 Å². The highest BCUT2D eigenvalue weighted by molar-refractivity contribution is 9.10. The highest BCUT2D eigenvalue weighted by Crippen LogP contribution is 2.29. The Labute approximate surface area is 124 Å². The van der Waals surface area contributed by atoms with E-state index in [1.807, 2.05) is 0 Å². The molecule has 0 radical (unpaired) electrons. The van der Waals surface area contributed by atoms with Crippen LogP contribution in [0, 0.1) is 0 Å². The van der Waals surface area contributed by atoms with Crippen molar-refractivity contribution >= 4 is 15.9 Å². The Balaban J connectivity index is 1.65.